The van der Waals surface area contributed by atoms with Crippen LogP contribution in [0.5, 0.6) is 0 Å². The Morgan fingerprint density at radius 1 is 1.33 bits per heavy atom. The Labute approximate surface area is 113 Å². The highest BCUT2D eigenvalue weighted by atomic mass is 79.9. The van der Waals surface area contributed by atoms with Crippen LogP contribution < -0.4 is 10.6 Å². The van der Waals surface area contributed by atoms with E-state index in [1.165, 1.54) is 18.2 Å². The summed E-state index contributed by atoms with van der Waals surface area (Å²) in [5, 5.41) is 5.22. The van der Waals surface area contributed by atoms with Crippen LogP contribution in [-0.4, -0.2) is 24.9 Å². The molecule has 1 aromatic rings. The summed E-state index contributed by atoms with van der Waals surface area (Å²) in [6.45, 7) is 2.64. The summed E-state index contributed by atoms with van der Waals surface area (Å²) >= 11 is 3.01. The largest absolute Gasteiger partial charge is 0.356 e. The lowest BCUT2D eigenvalue weighted by Crippen LogP contribution is -2.30. The molecule has 0 aliphatic rings. The minimum atomic E-state index is -0.422. The van der Waals surface area contributed by atoms with Gasteiger partial charge in [0.05, 0.1) is 4.47 Å². The third-order valence-corrected chi connectivity index (χ3v) is 2.80. The van der Waals surface area contributed by atoms with Crippen LogP contribution in [0.4, 0.5) is 4.39 Å². The molecule has 4 nitrogen and oxygen atoms in total. The van der Waals surface area contributed by atoms with Crippen LogP contribution >= 0.6 is 15.9 Å². The molecule has 0 fully saturated rings. The maximum absolute atomic E-state index is 13.0. The van der Waals surface area contributed by atoms with E-state index in [0.29, 0.717) is 12.1 Å². The van der Waals surface area contributed by atoms with Crippen LogP contribution in [-0.2, 0) is 4.79 Å². The summed E-state index contributed by atoms with van der Waals surface area (Å²) in [5.74, 6) is -0.869. The molecule has 1 aromatic carbocycles. The number of nitrogens with one attached hydrogen (secondary N) is 2. The minimum Gasteiger partial charge on any atom is -0.356 e. The number of carbonyl (C=O) groups excluding carboxylic acids is 2. The zero-order chi connectivity index (χ0) is 13.5. The first-order chi connectivity index (χ1) is 8.54. The van der Waals surface area contributed by atoms with E-state index in [0.717, 1.165) is 0 Å². The van der Waals surface area contributed by atoms with Crippen LogP contribution in [0.2, 0.25) is 0 Å². The van der Waals surface area contributed by atoms with Gasteiger partial charge in [-0.3, -0.25) is 9.59 Å². The predicted octanol–water partition coefficient (Wildman–Crippen LogP) is 1.84. The number of rotatable bonds is 5. The van der Waals surface area contributed by atoms with E-state index < -0.39 is 5.82 Å². The van der Waals surface area contributed by atoms with Crippen LogP contribution in [0.25, 0.3) is 0 Å². The molecule has 2 amide bonds. The first-order valence-corrected chi connectivity index (χ1v) is 6.34. The Balaban J connectivity index is 2.45. The summed E-state index contributed by atoms with van der Waals surface area (Å²) in [6, 6.07) is 4.00. The summed E-state index contributed by atoms with van der Waals surface area (Å²) in [7, 11) is 0. The minimum absolute atomic E-state index is 0.113. The molecule has 0 aliphatic carbocycles. The van der Waals surface area contributed by atoms with Crippen molar-refractivity contribution in [3.8, 4) is 0 Å². The highest BCUT2D eigenvalue weighted by Crippen LogP contribution is 2.16. The smallest absolute Gasteiger partial charge is 0.251 e. The Hall–Kier alpha value is -1.43. The summed E-state index contributed by atoms with van der Waals surface area (Å²) in [5.41, 5.74) is 0.346. The third kappa shape index (κ3) is 4.44. The molecular weight excluding hydrogens is 303 g/mol. The molecule has 0 atom stereocenters. The molecule has 0 bridgehead atoms. The average molecular weight is 317 g/mol. The molecule has 0 unspecified atom stereocenters. The highest BCUT2D eigenvalue weighted by molar-refractivity contribution is 9.10. The third-order valence-electron chi connectivity index (χ3n) is 2.19. The number of benzene rings is 1. The van der Waals surface area contributed by atoms with Crippen LogP contribution in [0.1, 0.15) is 23.7 Å². The van der Waals surface area contributed by atoms with E-state index in [1.54, 1.807) is 0 Å². The van der Waals surface area contributed by atoms with Crippen molar-refractivity contribution in [3.63, 3.8) is 0 Å². The van der Waals surface area contributed by atoms with Crippen molar-refractivity contribution in [1.29, 1.82) is 0 Å². The molecule has 0 spiro atoms. The average Bonchev–Trinajstić information content (AvgIpc) is 2.33. The lowest BCUT2D eigenvalue weighted by atomic mass is 10.2. The molecule has 0 aliphatic heterocycles. The molecule has 6 heteroatoms. The van der Waals surface area contributed by atoms with Gasteiger partial charge in [-0.15, -0.1) is 0 Å². The van der Waals surface area contributed by atoms with Crippen LogP contribution in [0.15, 0.2) is 22.7 Å². The molecule has 1 rings (SSSR count). The van der Waals surface area contributed by atoms with Gasteiger partial charge in [-0.2, -0.15) is 0 Å². The SMILES string of the molecule is CCNC(=O)CCNC(=O)c1ccc(F)c(Br)c1. The zero-order valence-corrected chi connectivity index (χ0v) is 11.5. The van der Waals surface area contributed by atoms with E-state index in [-0.39, 0.29) is 29.3 Å². The van der Waals surface area contributed by atoms with Crippen molar-refractivity contribution in [2.75, 3.05) is 13.1 Å². The molecule has 0 heterocycles. The predicted molar refractivity (Wildman–Crippen MR) is 69.7 cm³/mol. The summed E-state index contributed by atoms with van der Waals surface area (Å²) in [4.78, 5) is 22.8. The zero-order valence-electron chi connectivity index (χ0n) is 9.93. The number of hydrogen-bond donors (Lipinski definition) is 2. The Kier molecular flexibility index (Phi) is 5.77. The molecule has 0 aromatic heterocycles. The van der Waals surface area contributed by atoms with Gasteiger partial charge in [0.1, 0.15) is 5.82 Å². The van der Waals surface area contributed by atoms with E-state index in [9.17, 15) is 14.0 Å². The summed E-state index contributed by atoms with van der Waals surface area (Å²) < 4.78 is 13.2. The van der Waals surface area contributed by atoms with E-state index in [4.69, 9.17) is 0 Å². The molecule has 0 saturated heterocycles. The van der Waals surface area contributed by atoms with E-state index >= 15 is 0 Å². The van der Waals surface area contributed by atoms with Gasteiger partial charge in [-0.25, -0.2) is 4.39 Å². The molecule has 0 saturated carbocycles. The number of carbonyl (C=O) groups is 2. The standard InChI is InChI=1S/C12H14BrFN2O2/c1-2-15-11(17)5-6-16-12(18)8-3-4-10(14)9(13)7-8/h3-4,7H,2,5-6H2,1H3,(H,15,17)(H,16,18). The van der Waals surface area contributed by atoms with Gasteiger partial charge in [0.2, 0.25) is 5.91 Å². The normalized spacial score (nSPS) is 9.94. The Morgan fingerprint density at radius 2 is 2.06 bits per heavy atom. The van der Waals surface area contributed by atoms with Gasteiger partial charge in [-0.05, 0) is 41.1 Å². The number of halogens is 2. The second kappa shape index (κ2) is 7.10. The van der Waals surface area contributed by atoms with Crippen molar-refractivity contribution in [2.24, 2.45) is 0 Å². The van der Waals surface area contributed by atoms with E-state index in [1.807, 2.05) is 6.92 Å². The van der Waals surface area contributed by atoms with Crippen molar-refractivity contribution in [2.45, 2.75) is 13.3 Å². The fourth-order valence-electron chi connectivity index (χ4n) is 1.31. The first kappa shape index (κ1) is 14.6. The number of amides is 2. The van der Waals surface area contributed by atoms with Gasteiger partial charge in [0.25, 0.3) is 5.91 Å². The highest BCUT2D eigenvalue weighted by Gasteiger charge is 2.08. The van der Waals surface area contributed by atoms with Crippen molar-refractivity contribution in [3.05, 3.63) is 34.1 Å². The summed E-state index contributed by atoms with van der Waals surface area (Å²) in [6.07, 6.45) is 0.224. The first-order valence-electron chi connectivity index (χ1n) is 5.54. The molecule has 0 radical (unpaired) electrons. The van der Waals surface area contributed by atoms with Crippen LogP contribution in [0.3, 0.4) is 0 Å². The number of hydrogen-bond acceptors (Lipinski definition) is 2. The maximum Gasteiger partial charge on any atom is 0.251 e. The quantitative estimate of drug-likeness (QED) is 0.871. The van der Waals surface area contributed by atoms with Crippen molar-refractivity contribution in [1.82, 2.24) is 10.6 Å². The fraction of sp³-hybridized carbons (Fsp3) is 0.333. The van der Waals surface area contributed by atoms with Gasteiger partial charge >= 0.3 is 0 Å². The van der Waals surface area contributed by atoms with Gasteiger partial charge in [-0.1, -0.05) is 0 Å². The lowest BCUT2D eigenvalue weighted by Gasteiger charge is -2.06. The van der Waals surface area contributed by atoms with Crippen molar-refractivity contribution >= 4 is 27.7 Å². The Morgan fingerprint density at radius 3 is 2.67 bits per heavy atom. The lowest BCUT2D eigenvalue weighted by molar-refractivity contribution is -0.120. The monoisotopic (exact) mass is 316 g/mol. The van der Waals surface area contributed by atoms with Crippen LogP contribution in [0, 0.1) is 5.82 Å². The van der Waals surface area contributed by atoms with Gasteiger partial charge in [0.15, 0.2) is 0 Å². The Bertz CT molecular complexity index is 452. The van der Waals surface area contributed by atoms with Gasteiger partial charge in [0, 0.05) is 25.1 Å². The second-order valence-electron chi connectivity index (χ2n) is 3.59. The molecular formula is C12H14BrFN2O2. The van der Waals surface area contributed by atoms with Gasteiger partial charge < -0.3 is 10.6 Å². The molecule has 2 N–H and O–H groups in total. The van der Waals surface area contributed by atoms with E-state index in [2.05, 4.69) is 26.6 Å². The van der Waals surface area contributed by atoms with Crippen molar-refractivity contribution < 1.29 is 14.0 Å². The molecule has 98 valence electrons. The fourth-order valence-corrected chi connectivity index (χ4v) is 1.69. The second-order valence-corrected chi connectivity index (χ2v) is 4.44. The topological polar surface area (TPSA) is 58.2 Å². The maximum atomic E-state index is 13.0. The molecule has 18 heavy (non-hydrogen) atoms.